The summed E-state index contributed by atoms with van der Waals surface area (Å²) in [5.41, 5.74) is 1.23. The SMILES string of the molecule is CCc1cnc(C)nc1N1[C@@H]2CC[C@H]1CC(O)C2. The Labute approximate surface area is 108 Å². The molecule has 1 aromatic rings. The van der Waals surface area contributed by atoms with Crippen LogP contribution in [0.5, 0.6) is 0 Å². The van der Waals surface area contributed by atoms with Gasteiger partial charge in [-0.25, -0.2) is 9.97 Å². The molecular formula is C14H21N3O. The smallest absolute Gasteiger partial charge is 0.135 e. The average molecular weight is 247 g/mol. The van der Waals surface area contributed by atoms with E-state index in [1.54, 1.807) is 0 Å². The second-order valence-corrected chi connectivity index (χ2v) is 5.54. The Morgan fingerprint density at radius 1 is 1.33 bits per heavy atom. The maximum Gasteiger partial charge on any atom is 0.135 e. The van der Waals surface area contributed by atoms with Crippen molar-refractivity contribution in [2.24, 2.45) is 0 Å². The average Bonchev–Trinajstić information content (AvgIpc) is 2.61. The summed E-state index contributed by atoms with van der Waals surface area (Å²) in [4.78, 5) is 11.4. The molecule has 1 unspecified atom stereocenters. The lowest BCUT2D eigenvalue weighted by Crippen LogP contribution is -2.45. The molecule has 4 nitrogen and oxygen atoms in total. The summed E-state index contributed by atoms with van der Waals surface area (Å²) in [6.07, 6.45) is 6.97. The molecule has 98 valence electrons. The fraction of sp³-hybridized carbons (Fsp3) is 0.714. The van der Waals surface area contributed by atoms with E-state index in [0.29, 0.717) is 12.1 Å². The summed E-state index contributed by atoms with van der Waals surface area (Å²) < 4.78 is 0. The Morgan fingerprint density at radius 2 is 2.00 bits per heavy atom. The van der Waals surface area contributed by atoms with Crippen LogP contribution in [-0.2, 0) is 6.42 Å². The van der Waals surface area contributed by atoms with Crippen molar-refractivity contribution in [3.05, 3.63) is 17.6 Å². The van der Waals surface area contributed by atoms with E-state index in [-0.39, 0.29) is 6.10 Å². The van der Waals surface area contributed by atoms with Gasteiger partial charge >= 0.3 is 0 Å². The summed E-state index contributed by atoms with van der Waals surface area (Å²) in [7, 11) is 0. The number of fused-ring (bicyclic) bond motifs is 2. The second kappa shape index (κ2) is 4.50. The Hall–Kier alpha value is -1.16. The molecule has 18 heavy (non-hydrogen) atoms. The number of aromatic nitrogens is 2. The molecule has 2 fully saturated rings. The van der Waals surface area contributed by atoms with Crippen LogP contribution in [0.1, 0.15) is 44.0 Å². The van der Waals surface area contributed by atoms with Crippen LogP contribution in [0.25, 0.3) is 0 Å². The summed E-state index contributed by atoms with van der Waals surface area (Å²) in [5.74, 6) is 1.96. The van der Waals surface area contributed by atoms with Crippen molar-refractivity contribution in [2.75, 3.05) is 4.90 Å². The zero-order valence-electron chi connectivity index (χ0n) is 11.1. The van der Waals surface area contributed by atoms with E-state index in [2.05, 4.69) is 21.8 Å². The predicted molar refractivity (Wildman–Crippen MR) is 70.7 cm³/mol. The highest BCUT2D eigenvalue weighted by Crippen LogP contribution is 2.39. The minimum atomic E-state index is -0.119. The van der Waals surface area contributed by atoms with Gasteiger partial charge in [0.2, 0.25) is 0 Å². The number of hydrogen-bond donors (Lipinski definition) is 1. The molecule has 3 rings (SSSR count). The van der Waals surface area contributed by atoms with Crippen molar-refractivity contribution in [3.8, 4) is 0 Å². The van der Waals surface area contributed by atoms with Crippen LogP contribution in [0.15, 0.2) is 6.20 Å². The molecule has 2 aliphatic rings. The van der Waals surface area contributed by atoms with E-state index in [4.69, 9.17) is 0 Å². The van der Waals surface area contributed by atoms with Crippen molar-refractivity contribution in [1.29, 1.82) is 0 Å². The number of nitrogens with zero attached hydrogens (tertiary/aromatic N) is 3. The van der Waals surface area contributed by atoms with Crippen molar-refractivity contribution >= 4 is 5.82 Å². The maximum atomic E-state index is 9.88. The van der Waals surface area contributed by atoms with Gasteiger partial charge in [0.25, 0.3) is 0 Å². The van der Waals surface area contributed by atoms with Gasteiger partial charge in [-0.3, -0.25) is 0 Å². The monoisotopic (exact) mass is 247 g/mol. The van der Waals surface area contributed by atoms with E-state index in [9.17, 15) is 5.11 Å². The van der Waals surface area contributed by atoms with E-state index in [0.717, 1.165) is 30.9 Å². The molecule has 2 bridgehead atoms. The zero-order chi connectivity index (χ0) is 12.7. The first kappa shape index (κ1) is 11.9. The highest BCUT2D eigenvalue weighted by molar-refractivity contribution is 5.50. The van der Waals surface area contributed by atoms with E-state index < -0.39 is 0 Å². The zero-order valence-corrected chi connectivity index (χ0v) is 11.1. The van der Waals surface area contributed by atoms with Gasteiger partial charge in [-0.15, -0.1) is 0 Å². The molecule has 0 aliphatic carbocycles. The predicted octanol–water partition coefficient (Wildman–Crippen LogP) is 1.84. The van der Waals surface area contributed by atoms with Crippen LogP contribution in [0.3, 0.4) is 0 Å². The molecule has 0 spiro atoms. The lowest BCUT2D eigenvalue weighted by molar-refractivity contribution is 0.126. The number of rotatable bonds is 2. The molecule has 0 saturated carbocycles. The van der Waals surface area contributed by atoms with Gasteiger partial charge in [0.15, 0.2) is 0 Å². The highest BCUT2D eigenvalue weighted by atomic mass is 16.3. The second-order valence-electron chi connectivity index (χ2n) is 5.54. The fourth-order valence-electron chi connectivity index (χ4n) is 3.45. The molecule has 4 heteroatoms. The lowest BCUT2D eigenvalue weighted by Gasteiger charge is -2.39. The number of anilines is 1. The van der Waals surface area contributed by atoms with Gasteiger partial charge in [-0.2, -0.15) is 0 Å². The Bertz CT molecular complexity index is 435. The quantitative estimate of drug-likeness (QED) is 0.866. The van der Waals surface area contributed by atoms with Crippen molar-refractivity contribution in [1.82, 2.24) is 9.97 Å². The minimum absolute atomic E-state index is 0.119. The van der Waals surface area contributed by atoms with Crippen LogP contribution >= 0.6 is 0 Å². The van der Waals surface area contributed by atoms with Crippen LogP contribution < -0.4 is 4.90 Å². The highest BCUT2D eigenvalue weighted by Gasteiger charge is 2.41. The van der Waals surface area contributed by atoms with Gasteiger partial charge in [-0.1, -0.05) is 6.92 Å². The van der Waals surface area contributed by atoms with Crippen LogP contribution in [0.4, 0.5) is 5.82 Å². The number of aryl methyl sites for hydroxylation is 2. The van der Waals surface area contributed by atoms with Crippen molar-refractivity contribution < 1.29 is 5.11 Å². The first-order valence-electron chi connectivity index (χ1n) is 6.98. The molecule has 2 aliphatic heterocycles. The normalized spacial score (nSPS) is 30.8. The summed E-state index contributed by atoms with van der Waals surface area (Å²) in [6, 6.07) is 0.941. The molecule has 0 aromatic carbocycles. The molecule has 3 atom stereocenters. The van der Waals surface area contributed by atoms with Gasteiger partial charge in [-0.05, 0) is 39.0 Å². The molecule has 2 saturated heterocycles. The van der Waals surface area contributed by atoms with Crippen molar-refractivity contribution in [3.63, 3.8) is 0 Å². The van der Waals surface area contributed by atoms with Gasteiger partial charge < -0.3 is 10.0 Å². The third-order valence-corrected chi connectivity index (χ3v) is 4.30. The molecule has 1 N–H and O–H groups in total. The third-order valence-electron chi connectivity index (χ3n) is 4.30. The summed E-state index contributed by atoms with van der Waals surface area (Å²) in [6.45, 7) is 4.10. The first-order valence-corrected chi connectivity index (χ1v) is 6.98. The van der Waals surface area contributed by atoms with Gasteiger partial charge in [0.05, 0.1) is 6.10 Å². The molecule has 0 radical (unpaired) electrons. The summed E-state index contributed by atoms with van der Waals surface area (Å²) in [5, 5.41) is 9.88. The lowest BCUT2D eigenvalue weighted by atomic mass is 9.99. The van der Waals surface area contributed by atoms with Crippen LogP contribution in [0.2, 0.25) is 0 Å². The number of aliphatic hydroxyl groups excluding tert-OH is 1. The van der Waals surface area contributed by atoms with Crippen LogP contribution in [-0.4, -0.2) is 33.3 Å². The molecule has 1 aromatic heterocycles. The summed E-state index contributed by atoms with van der Waals surface area (Å²) >= 11 is 0. The van der Waals surface area contributed by atoms with E-state index >= 15 is 0 Å². The molecule has 3 heterocycles. The van der Waals surface area contributed by atoms with E-state index in [1.165, 1.54) is 18.4 Å². The topological polar surface area (TPSA) is 49.2 Å². The molecule has 0 amide bonds. The third kappa shape index (κ3) is 1.88. The number of hydrogen-bond acceptors (Lipinski definition) is 4. The van der Waals surface area contributed by atoms with Gasteiger partial charge in [0.1, 0.15) is 11.6 Å². The molecular weight excluding hydrogens is 226 g/mol. The number of piperidine rings is 1. The number of aliphatic hydroxyl groups is 1. The first-order chi connectivity index (χ1) is 8.69. The van der Waals surface area contributed by atoms with E-state index in [1.807, 2.05) is 13.1 Å². The Balaban J connectivity index is 1.98. The largest absolute Gasteiger partial charge is 0.393 e. The fourth-order valence-corrected chi connectivity index (χ4v) is 3.45. The van der Waals surface area contributed by atoms with Gasteiger partial charge in [0, 0.05) is 23.8 Å². The standard InChI is InChI=1S/C14H21N3O/c1-3-10-8-15-9(2)16-14(10)17-11-4-5-12(17)7-13(18)6-11/h8,11-13,18H,3-7H2,1-2H3/t11-,12+,13?. The maximum absolute atomic E-state index is 9.88. The Kier molecular flexibility index (Phi) is 2.98. The minimum Gasteiger partial charge on any atom is -0.393 e. The van der Waals surface area contributed by atoms with Crippen LogP contribution in [0, 0.1) is 6.92 Å². The Morgan fingerprint density at radius 3 is 2.61 bits per heavy atom. The van der Waals surface area contributed by atoms with Crippen molar-refractivity contribution in [2.45, 2.75) is 64.1 Å².